The topological polar surface area (TPSA) is 6.48 Å². The average Bonchev–Trinajstić information content (AvgIpc) is 3.53. The van der Waals surface area contributed by atoms with Crippen molar-refractivity contribution in [3.05, 3.63) is 83.0 Å². The van der Waals surface area contributed by atoms with Gasteiger partial charge in [-0.05, 0) is 77.6 Å². The number of hydrogen-bond acceptors (Lipinski definition) is 2. The van der Waals surface area contributed by atoms with Gasteiger partial charge in [0.2, 0.25) is 0 Å². The minimum Gasteiger partial charge on any atom is -0.336 e. The molecule has 1 unspecified atom stereocenters. The Morgan fingerprint density at radius 1 is 0.697 bits per heavy atom. The molecule has 2 nitrogen and oxygen atoms in total. The zero-order valence-corrected chi connectivity index (χ0v) is 20.4. The maximum absolute atomic E-state index is 2.56. The van der Waals surface area contributed by atoms with Gasteiger partial charge in [-0.3, -0.25) is 0 Å². The van der Waals surface area contributed by atoms with Crippen molar-refractivity contribution in [3.63, 3.8) is 0 Å². The Bertz CT molecular complexity index is 1250. The lowest BCUT2D eigenvalue weighted by molar-refractivity contribution is 0.476. The van der Waals surface area contributed by atoms with E-state index in [0.29, 0.717) is 11.8 Å². The van der Waals surface area contributed by atoms with Gasteiger partial charge in [-0.15, -0.1) is 0 Å². The average molecular weight is 435 g/mol. The van der Waals surface area contributed by atoms with Crippen LogP contribution in [-0.2, 0) is 0 Å². The molecule has 0 N–H and O–H groups in total. The first-order valence-corrected chi connectivity index (χ1v) is 12.7. The van der Waals surface area contributed by atoms with E-state index in [1.165, 1.54) is 50.6 Å². The van der Waals surface area contributed by atoms with E-state index in [0.717, 1.165) is 32.4 Å². The molecule has 2 heteroatoms. The van der Waals surface area contributed by atoms with Gasteiger partial charge in [-0.25, -0.2) is 0 Å². The van der Waals surface area contributed by atoms with Gasteiger partial charge in [0, 0.05) is 13.1 Å². The number of anilines is 4. The number of allylic oxidation sites excluding steroid dienone is 8. The molecule has 33 heavy (non-hydrogen) atoms. The van der Waals surface area contributed by atoms with Crippen LogP contribution in [0.1, 0.15) is 58.1 Å². The maximum atomic E-state index is 2.56. The Morgan fingerprint density at radius 3 is 1.85 bits per heavy atom. The standard InChI is InChI=1S/C31H34N2/c1-5-22-6-7-24(16-22)26-10-12-28-30(18-26)33-15-14-32(28)29-13-11-27(19-31(29)33)25-9-8-23(17-25)21(4)20(2)3/h6-13,18-21H,5,14-17H2,1-4H3. The first-order chi connectivity index (χ1) is 16.0. The van der Waals surface area contributed by atoms with Crippen LogP contribution in [-0.4, -0.2) is 13.1 Å². The molecule has 5 aliphatic rings. The predicted octanol–water partition coefficient (Wildman–Crippen LogP) is 8.42. The van der Waals surface area contributed by atoms with E-state index in [-0.39, 0.29) is 0 Å². The van der Waals surface area contributed by atoms with Gasteiger partial charge in [-0.2, -0.15) is 0 Å². The summed E-state index contributed by atoms with van der Waals surface area (Å²) < 4.78 is 0. The lowest BCUT2D eigenvalue weighted by Crippen LogP contribution is -2.41. The molecule has 0 spiro atoms. The SMILES string of the molecule is CCC1=CC=C(c2ccc3c(c2)N2CCN3c3ccc(C4=CC=C(C(C)C(C)C)C4)cc32)C1. The van der Waals surface area contributed by atoms with Gasteiger partial charge in [0.05, 0.1) is 22.7 Å². The highest BCUT2D eigenvalue weighted by Crippen LogP contribution is 2.52. The third-order valence-corrected chi connectivity index (χ3v) is 8.27. The molecule has 1 atom stereocenters. The molecule has 0 amide bonds. The van der Waals surface area contributed by atoms with Gasteiger partial charge in [-0.1, -0.05) is 75.3 Å². The van der Waals surface area contributed by atoms with Crippen LogP contribution in [0.2, 0.25) is 0 Å². The first kappa shape index (κ1) is 20.6. The van der Waals surface area contributed by atoms with Gasteiger partial charge < -0.3 is 9.80 Å². The van der Waals surface area contributed by atoms with Crippen LogP contribution in [0.25, 0.3) is 11.1 Å². The lowest BCUT2D eigenvalue weighted by atomic mass is 9.87. The van der Waals surface area contributed by atoms with Crippen LogP contribution in [0.5, 0.6) is 0 Å². The summed E-state index contributed by atoms with van der Waals surface area (Å²) in [5.41, 5.74) is 14.2. The van der Waals surface area contributed by atoms with Crippen molar-refractivity contribution in [2.24, 2.45) is 11.8 Å². The fourth-order valence-electron chi connectivity index (χ4n) is 5.78. The second kappa shape index (κ2) is 7.80. The molecule has 0 fully saturated rings. The molecule has 168 valence electrons. The van der Waals surface area contributed by atoms with Crippen LogP contribution in [0.3, 0.4) is 0 Å². The minimum absolute atomic E-state index is 0.639. The Hall–Kier alpha value is -3.00. The zero-order chi connectivity index (χ0) is 22.7. The maximum Gasteiger partial charge on any atom is 0.0659 e. The van der Waals surface area contributed by atoms with Crippen LogP contribution < -0.4 is 9.80 Å². The van der Waals surface area contributed by atoms with Gasteiger partial charge >= 0.3 is 0 Å². The monoisotopic (exact) mass is 434 g/mol. The van der Waals surface area contributed by atoms with E-state index in [4.69, 9.17) is 0 Å². The predicted molar refractivity (Wildman–Crippen MR) is 143 cm³/mol. The number of nitrogens with zero attached hydrogens (tertiary/aromatic N) is 2. The highest BCUT2D eigenvalue weighted by Gasteiger charge is 2.34. The van der Waals surface area contributed by atoms with E-state index < -0.39 is 0 Å². The third-order valence-electron chi connectivity index (χ3n) is 8.27. The van der Waals surface area contributed by atoms with Crippen LogP contribution >= 0.6 is 0 Å². The summed E-state index contributed by atoms with van der Waals surface area (Å²) in [5.74, 6) is 1.33. The molecule has 2 aromatic rings. The van der Waals surface area contributed by atoms with E-state index >= 15 is 0 Å². The largest absolute Gasteiger partial charge is 0.336 e. The molecule has 3 aliphatic heterocycles. The lowest BCUT2D eigenvalue weighted by Gasteiger charge is -2.46. The summed E-state index contributed by atoms with van der Waals surface area (Å²) in [6.07, 6.45) is 12.7. The number of benzene rings is 2. The first-order valence-electron chi connectivity index (χ1n) is 12.7. The fraction of sp³-hybridized carbons (Fsp3) is 0.355. The number of rotatable bonds is 5. The Labute approximate surface area is 198 Å². The molecule has 0 aromatic heterocycles. The Balaban J connectivity index is 1.30. The summed E-state index contributed by atoms with van der Waals surface area (Å²) in [6, 6.07) is 14.2. The van der Waals surface area contributed by atoms with Crippen molar-refractivity contribution >= 4 is 33.9 Å². The molecule has 0 saturated carbocycles. The van der Waals surface area contributed by atoms with E-state index in [1.54, 1.807) is 5.57 Å². The molecule has 2 aliphatic carbocycles. The van der Waals surface area contributed by atoms with Crippen molar-refractivity contribution < 1.29 is 0 Å². The zero-order valence-electron chi connectivity index (χ0n) is 20.4. The van der Waals surface area contributed by atoms with E-state index in [2.05, 4.69) is 98.2 Å². The molecule has 0 saturated heterocycles. The van der Waals surface area contributed by atoms with Gasteiger partial charge in [0.15, 0.2) is 0 Å². The third kappa shape index (κ3) is 3.30. The Kier molecular flexibility index (Phi) is 4.87. The Morgan fingerprint density at radius 2 is 1.27 bits per heavy atom. The summed E-state index contributed by atoms with van der Waals surface area (Å²) in [4.78, 5) is 5.08. The van der Waals surface area contributed by atoms with Crippen molar-refractivity contribution in [2.75, 3.05) is 22.9 Å². The molecule has 7 rings (SSSR count). The molecule has 2 aromatic carbocycles. The van der Waals surface area contributed by atoms with Gasteiger partial charge in [0.25, 0.3) is 0 Å². The highest BCUT2D eigenvalue weighted by atomic mass is 15.3. The van der Waals surface area contributed by atoms with Crippen LogP contribution in [0.4, 0.5) is 22.7 Å². The van der Waals surface area contributed by atoms with E-state index in [9.17, 15) is 0 Å². The van der Waals surface area contributed by atoms with Crippen molar-refractivity contribution in [2.45, 2.75) is 47.0 Å². The molecule has 0 radical (unpaired) electrons. The summed E-state index contributed by atoms with van der Waals surface area (Å²) in [5, 5.41) is 0. The quantitative estimate of drug-likeness (QED) is 0.466. The second-order valence-electron chi connectivity index (χ2n) is 10.4. The minimum atomic E-state index is 0.639. The number of fused-ring (bicyclic) bond motifs is 1. The van der Waals surface area contributed by atoms with Crippen LogP contribution in [0.15, 0.2) is 71.8 Å². The van der Waals surface area contributed by atoms with Crippen LogP contribution in [0, 0.1) is 11.8 Å². The molecular weight excluding hydrogens is 400 g/mol. The molecule has 2 bridgehead atoms. The number of hydrogen-bond donors (Lipinski definition) is 0. The van der Waals surface area contributed by atoms with Crippen molar-refractivity contribution in [3.8, 4) is 0 Å². The highest BCUT2D eigenvalue weighted by molar-refractivity contribution is 5.97. The summed E-state index contributed by atoms with van der Waals surface area (Å²) in [6.45, 7) is 11.4. The molecule has 3 heterocycles. The van der Waals surface area contributed by atoms with Crippen molar-refractivity contribution in [1.82, 2.24) is 0 Å². The summed E-state index contributed by atoms with van der Waals surface area (Å²) >= 11 is 0. The summed E-state index contributed by atoms with van der Waals surface area (Å²) in [7, 11) is 0. The molecular formula is C31H34N2. The normalized spacial score (nSPS) is 19.3. The van der Waals surface area contributed by atoms with Crippen molar-refractivity contribution in [1.29, 1.82) is 0 Å². The fourth-order valence-corrected chi connectivity index (χ4v) is 5.78. The van der Waals surface area contributed by atoms with E-state index in [1.807, 2.05) is 0 Å². The smallest absolute Gasteiger partial charge is 0.0659 e. The van der Waals surface area contributed by atoms with Gasteiger partial charge in [0.1, 0.15) is 0 Å². The second-order valence-corrected chi connectivity index (χ2v) is 10.4.